The van der Waals surface area contributed by atoms with E-state index in [2.05, 4.69) is 29.2 Å². The van der Waals surface area contributed by atoms with Gasteiger partial charge in [0.1, 0.15) is 6.61 Å². The zero-order chi connectivity index (χ0) is 16.2. The third-order valence-corrected chi connectivity index (χ3v) is 4.17. The Morgan fingerprint density at radius 1 is 1.09 bits per heavy atom. The molecule has 0 amide bonds. The van der Waals surface area contributed by atoms with Gasteiger partial charge in [0.15, 0.2) is 0 Å². The molecule has 1 N–H and O–H groups in total. The van der Waals surface area contributed by atoms with Gasteiger partial charge in [0.05, 0.1) is 0 Å². The summed E-state index contributed by atoms with van der Waals surface area (Å²) in [5.74, 6) is -0.156. The fraction of sp³-hybridized carbons (Fsp3) is 0.250. The lowest BCUT2D eigenvalue weighted by Gasteiger charge is -2.08. The third-order valence-electron chi connectivity index (χ3n) is 4.17. The molecule has 23 heavy (non-hydrogen) atoms. The molecule has 3 rings (SSSR count). The van der Waals surface area contributed by atoms with Crippen molar-refractivity contribution in [3.63, 3.8) is 0 Å². The molecule has 3 aromatic rings. The van der Waals surface area contributed by atoms with E-state index in [1.165, 1.54) is 10.9 Å². The topological polar surface area (TPSA) is 42.1 Å². The quantitative estimate of drug-likeness (QED) is 0.707. The number of fused-ring (bicyclic) bond motifs is 1. The van der Waals surface area contributed by atoms with Crippen molar-refractivity contribution in [2.24, 2.45) is 0 Å². The number of esters is 1. The Morgan fingerprint density at radius 2 is 1.91 bits per heavy atom. The maximum atomic E-state index is 12.0. The molecule has 0 fully saturated rings. The molecule has 0 bridgehead atoms. The summed E-state index contributed by atoms with van der Waals surface area (Å²) in [5, 5.41) is 1.18. The number of aryl methyl sites for hydroxylation is 3. The fourth-order valence-electron chi connectivity index (χ4n) is 2.76. The van der Waals surface area contributed by atoms with E-state index in [9.17, 15) is 4.79 Å². The van der Waals surface area contributed by atoms with Crippen LogP contribution in [0.1, 0.15) is 28.7 Å². The van der Waals surface area contributed by atoms with Gasteiger partial charge in [0.2, 0.25) is 0 Å². The van der Waals surface area contributed by atoms with E-state index in [0.717, 1.165) is 22.2 Å². The van der Waals surface area contributed by atoms with Crippen LogP contribution < -0.4 is 0 Å². The van der Waals surface area contributed by atoms with Gasteiger partial charge in [-0.2, -0.15) is 0 Å². The molecule has 3 heteroatoms. The van der Waals surface area contributed by atoms with E-state index in [0.29, 0.717) is 19.4 Å². The summed E-state index contributed by atoms with van der Waals surface area (Å²) in [7, 11) is 0. The van der Waals surface area contributed by atoms with Crippen molar-refractivity contribution >= 4 is 16.9 Å². The first-order valence-corrected chi connectivity index (χ1v) is 7.90. The molecule has 118 valence electrons. The number of carbonyl (C=O) groups is 1. The second-order valence-electron chi connectivity index (χ2n) is 5.95. The van der Waals surface area contributed by atoms with E-state index >= 15 is 0 Å². The number of benzene rings is 2. The minimum atomic E-state index is -0.156. The minimum absolute atomic E-state index is 0.156. The minimum Gasteiger partial charge on any atom is -0.461 e. The first-order chi connectivity index (χ1) is 11.1. The molecule has 0 aliphatic carbocycles. The Hall–Kier alpha value is -2.55. The SMILES string of the molecule is Cc1ccc(C)c(COC(=O)CCc2c[nH]c3ccccc23)c1. The van der Waals surface area contributed by atoms with Gasteiger partial charge in [-0.05, 0) is 43.0 Å². The summed E-state index contributed by atoms with van der Waals surface area (Å²) >= 11 is 0. The van der Waals surface area contributed by atoms with Crippen molar-refractivity contribution < 1.29 is 9.53 Å². The molecule has 1 heterocycles. The Morgan fingerprint density at radius 3 is 2.78 bits per heavy atom. The molecule has 0 spiro atoms. The van der Waals surface area contributed by atoms with Crippen molar-refractivity contribution in [3.05, 3.63) is 70.9 Å². The highest BCUT2D eigenvalue weighted by molar-refractivity contribution is 5.83. The Kier molecular flexibility index (Phi) is 4.47. The highest BCUT2D eigenvalue weighted by Gasteiger charge is 2.09. The van der Waals surface area contributed by atoms with Crippen LogP contribution in [0.2, 0.25) is 0 Å². The molecule has 0 aliphatic rings. The number of hydrogen-bond acceptors (Lipinski definition) is 2. The summed E-state index contributed by atoms with van der Waals surface area (Å²) < 4.78 is 5.43. The van der Waals surface area contributed by atoms with E-state index in [-0.39, 0.29) is 5.97 Å². The van der Waals surface area contributed by atoms with Gasteiger partial charge < -0.3 is 9.72 Å². The Balaban J connectivity index is 1.56. The summed E-state index contributed by atoms with van der Waals surface area (Å²) in [6, 6.07) is 14.3. The number of carbonyl (C=O) groups excluding carboxylic acids is 1. The third kappa shape index (κ3) is 3.62. The lowest BCUT2D eigenvalue weighted by Crippen LogP contribution is -2.06. The number of para-hydroxylation sites is 1. The summed E-state index contributed by atoms with van der Waals surface area (Å²) in [4.78, 5) is 15.2. The van der Waals surface area contributed by atoms with Crippen LogP contribution in [0.3, 0.4) is 0 Å². The van der Waals surface area contributed by atoms with Crippen molar-refractivity contribution in [1.29, 1.82) is 0 Å². The fourth-order valence-corrected chi connectivity index (χ4v) is 2.76. The van der Waals surface area contributed by atoms with Crippen LogP contribution in [0.5, 0.6) is 0 Å². The Bertz CT molecular complexity index is 833. The smallest absolute Gasteiger partial charge is 0.306 e. The zero-order valence-corrected chi connectivity index (χ0v) is 13.6. The summed E-state index contributed by atoms with van der Waals surface area (Å²) in [6.45, 7) is 4.43. The molecule has 3 nitrogen and oxygen atoms in total. The van der Waals surface area contributed by atoms with Crippen LogP contribution in [-0.2, 0) is 22.6 Å². The average Bonchev–Trinajstić information content (AvgIpc) is 2.97. The van der Waals surface area contributed by atoms with Gasteiger partial charge in [-0.3, -0.25) is 4.79 Å². The van der Waals surface area contributed by atoms with Crippen LogP contribution in [0.25, 0.3) is 10.9 Å². The number of rotatable bonds is 5. The molecule has 1 aromatic heterocycles. The highest BCUT2D eigenvalue weighted by Crippen LogP contribution is 2.19. The maximum Gasteiger partial charge on any atom is 0.306 e. The summed E-state index contributed by atoms with van der Waals surface area (Å²) in [6.07, 6.45) is 3.06. The van der Waals surface area contributed by atoms with Crippen molar-refractivity contribution in [3.8, 4) is 0 Å². The molecular formula is C20H21NO2. The van der Waals surface area contributed by atoms with Crippen LogP contribution in [0.4, 0.5) is 0 Å². The van der Waals surface area contributed by atoms with Crippen LogP contribution >= 0.6 is 0 Å². The van der Waals surface area contributed by atoms with Crippen molar-refractivity contribution in [2.75, 3.05) is 0 Å². The average molecular weight is 307 g/mol. The molecular weight excluding hydrogens is 286 g/mol. The first-order valence-electron chi connectivity index (χ1n) is 7.90. The van der Waals surface area contributed by atoms with Crippen LogP contribution in [0.15, 0.2) is 48.7 Å². The maximum absolute atomic E-state index is 12.0. The number of H-pyrrole nitrogens is 1. The molecule has 0 aliphatic heterocycles. The zero-order valence-electron chi connectivity index (χ0n) is 13.6. The molecule has 0 unspecified atom stereocenters. The van der Waals surface area contributed by atoms with Gasteiger partial charge >= 0.3 is 5.97 Å². The number of hydrogen-bond donors (Lipinski definition) is 1. The molecule has 0 atom stereocenters. The monoisotopic (exact) mass is 307 g/mol. The van der Waals surface area contributed by atoms with E-state index in [4.69, 9.17) is 4.74 Å². The first kappa shape index (κ1) is 15.3. The van der Waals surface area contributed by atoms with Crippen molar-refractivity contribution in [1.82, 2.24) is 4.98 Å². The lowest BCUT2D eigenvalue weighted by molar-refractivity contribution is -0.144. The molecule has 2 aromatic carbocycles. The van der Waals surface area contributed by atoms with Gasteiger partial charge in [-0.1, -0.05) is 42.0 Å². The van der Waals surface area contributed by atoms with E-state index in [1.54, 1.807) is 0 Å². The number of nitrogens with one attached hydrogen (secondary N) is 1. The van der Waals surface area contributed by atoms with Gasteiger partial charge in [0.25, 0.3) is 0 Å². The number of aromatic amines is 1. The van der Waals surface area contributed by atoms with Gasteiger partial charge in [0, 0.05) is 23.5 Å². The van der Waals surface area contributed by atoms with E-state index < -0.39 is 0 Å². The largest absolute Gasteiger partial charge is 0.461 e. The van der Waals surface area contributed by atoms with Crippen LogP contribution in [0, 0.1) is 13.8 Å². The van der Waals surface area contributed by atoms with Gasteiger partial charge in [-0.15, -0.1) is 0 Å². The highest BCUT2D eigenvalue weighted by atomic mass is 16.5. The van der Waals surface area contributed by atoms with E-state index in [1.807, 2.05) is 38.2 Å². The second-order valence-corrected chi connectivity index (χ2v) is 5.95. The molecule has 0 saturated heterocycles. The van der Waals surface area contributed by atoms with Crippen LogP contribution in [-0.4, -0.2) is 11.0 Å². The van der Waals surface area contributed by atoms with Gasteiger partial charge in [-0.25, -0.2) is 0 Å². The standard InChI is InChI=1S/C20H21NO2/c1-14-7-8-15(2)17(11-14)13-23-20(22)10-9-16-12-21-19-6-4-3-5-18(16)19/h3-8,11-12,21H,9-10,13H2,1-2H3. The normalized spacial score (nSPS) is 10.9. The predicted octanol–water partition coefficient (Wildman–Crippen LogP) is 4.46. The van der Waals surface area contributed by atoms with Crippen molar-refractivity contribution in [2.45, 2.75) is 33.3 Å². The predicted molar refractivity (Wildman–Crippen MR) is 92.3 cm³/mol. The summed E-state index contributed by atoms with van der Waals surface area (Å²) in [5.41, 5.74) is 5.67. The second kappa shape index (κ2) is 6.69. The lowest BCUT2D eigenvalue weighted by atomic mass is 10.1. The molecule has 0 saturated carbocycles. The molecule has 0 radical (unpaired) electrons. The number of aromatic nitrogens is 1. The Labute approximate surface area is 136 Å². The number of ether oxygens (including phenoxy) is 1.